The van der Waals surface area contributed by atoms with E-state index in [4.69, 9.17) is 9.78 Å². The van der Waals surface area contributed by atoms with Crippen molar-refractivity contribution in [2.24, 2.45) is 0 Å². The van der Waals surface area contributed by atoms with Crippen LogP contribution in [0.5, 0.6) is 0 Å². The third-order valence-electron chi connectivity index (χ3n) is 3.29. The van der Waals surface area contributed by atoms with E-state index >= 15 is 0 Å². The molecule has 0 aliphatic carbocycles. The monoisotopic (exact) mass is 337 g/mol. The van der Waals surface area contributed by atoms with Gasteiger partial charge in [-0.2, -0.15) is 5.26 Å². The Morgan fingerprint density at radius 1 is 1.25 bits per heavy atom. The number of aryl methyl sites for hydroxylation is 1. The molecule has 24 heavy (non-hydrogen) atoms. The number of hydrogen-bond donors (Lipinski definition) is 1. The first-order valence-electron chi connectivity index (χ1n) is 7.41. The van der Waals surface area contributed by atoms with E-state index in [1.165, 1.54) is 0 Å². The van der Waals surface area contributed by atoms with Crippen molar-refractivity contribution in [3.63, 3.8) is 0 Å². The number of nitriles is 1. The largest absolute Gasteiger partial charge is 0.360 e. The van der Waals surface area contributed by atoms with Crippen LogP contribution in [0.25, 0.3) is 11.3 Å². The molecular weight excluding hydrogens is 322 g/mol. The smallest absolute Gasteiger partial charge is 0.227 e. The minimum absolute atomic E-state index is 0.477. The number of hydrogen-bond acceptors (Lipinski definition) is 7. The Hall–Kier alpha value is -2.85. The summed E-state index contributed by atoms with van der Waals surface area (Å²) in [5.41, 5.74) is 3.08. The van der Waals surface area contributed by atoms with Crippen molar-refractivity contribution in [1.29, 1.82) is 5.26 Å². The summed E-state index contributed by atoms with van der Waals surface area (Å²) >= 11 is 1.62. The lowest BCUT2D eigenvalue weighted by Gasteiger charge is -2.07. The maximum atomic E-state index is 8.84. The van der Waals surface area contributed by atoms with Gasteiger partial charge < -0.3 is 9.84 Å². The van der Waals surface area contributed by atoms with Gasteiger partial charge in [0.25, 0.3) is 0 Å². The van der Waals surface area contributed by atoms with E-state index in [2.05, 4.69) is 33.4 Å². The number of anilines is 2. The average molecular weight is 337 g/mol. The number of thioether (sulfide) groups is 1. The van der Waals surface area contributed by atoms with Gasteiger partial charge in [-0.1, -0.05) is 12.1 Å². The molecule has 7 heteroatoms. The van der Waals surface area contributed by atoms with Crippen LogP contribution < -0.4 is 5.32 Å². The molecule has 0 aliphatic heterocycles. The van der Waals surface area contributed by atoms with Gasteiger partial charge in [0.15, 0.2) is 0 Å². The van der Waals surface area contributed by atoms with Crippen molar-refractivity contribution in [2.75, 3.05) is 11.1 Å². The molecule has 2 aromatic heterocycles. The zero-order chi connectivity index (χ0) is 16.9. The van der Waals surface area contributed by atoms with E-state index < -0.39 is 0 Å². The Morgan fingerprint density at radius 3 is 2.75 bits per heavy atom. The second-order valence-electron chi connectivity index (χ2n) is 4.93. The maximum Gasteiger partial charge on any atom is 0.227 e. The van der Waals surface area contributed by atoms with Gasteiger partial charge in [-0.15, -0.1) is 11.8 Å². The highest BCUT2D eigenvalue weighted by molar-refractivity contribution is 7.99. The highest BCUT2D eigenvalue weighted by atomic mass is 32.2. The van der Waals surface area contributed by atoms with Crippen molar-refractivity contribution in [3.05, 3.63) is 47.9 Å². The van der Waals surface area contributed by atoms with Crippen molar-refractivity contribution >= 4 is 23.4 Å². The van der Waals surface area contributed by atoms with Gasteiger partial charge in [0.2, 0.25) is 5.95 Å². The van der Waals surface area contributed by atoms with Gasteiger partial charge >= 0.3 is 0 Å². The Balaban J connectivity index is 1.89. The SMILES string of the molecule is CCSc1noc(C)c1-c1ccnc(Nc2ccc(C#N)cc2)n1. The number of rotatable bonds is 5. The summed E-state index contributed by atoms with van der Waals surface area (Å²) in [5, 5.41) is 16.9. The van der Waals surface area contributed by atoms with E-state index in [0.717, 1.165) is 33.5 Å². The van der Waals surface area contributed by atoms with Gasteiger partial charge in [-0.25, -0.2) is 9.97 Å². The zero-order valence-electron chi connectivity index (χ0n) is 13.3. The first kappa shape index (κ1) is 16.0. The normalized spacial score (nSPS) is 10.4. The highest BCUT2D eigenvalue weighted by Gasteiger charge is 2.16. The molecule has 0 amide bonds. The Morgan fingerprint density at radius 2 is 2.04 bits per heavy atom. The molecule has 0 unspecified atom stereocenters. The molecule has 6 nitrogen and oxygen atoms in total. The summed E-state index contributed by atoms with van der Waals surface area (Å²) in [7, 11) is 0. The quantitative estimate of drug-likeness (QED) is 0.699. The average Bonchev–Trinajstić information content (AvgIpc) is 2.97. The molecule has 2 heterocycles. The van der Waals surface area contributed by atoms with Gasteiger partial charge in [0.1, 0.15) is 10.8 Å². The van der Waals surface area contributed by atoms with Gasteiger partial charge in [-0.3, -0.25) is 0 Å². The van der Waals surface area contributed by atoms with Crippen LogP contribution >= 0.6 is 11.8 Å². The van der Waals surface area contributed by atoms with E-state index in [1.807, 2.05) is 25.1 Å². The minimum atomic E-state index is 0.477. The summed E-state index contributed by atoms with van der Waals surface area (Å²) in [6.07, 6.45) is 1.70. The first-order chi connectivity index (χ1) is 11.7. The van der Waals surface area contributed by atoms with Crippen LogP contribution in [0.3, 0.4) is 0 Å². The molecule has 0 spiro atoms. The number of aromatic nitrogens is 3. The van der Waals surface area contributed by atoms with Crippen LogP contribution in [0.15, 0.2) is 46.1 Å². The number of nitrogens with zero attached hydrogens (tertiary/aromatic N) is 4. The summed E-state index contributed by atoms with van der Waals surface area (Å²) in [6, 6.07) is 11.0. The lowest BCUT2D eigenvalue weighted by atomic mass is 10.2. The maximum absolute atomic E-state index is 8.84. The second-order valence-corrected chi connectivity index (χ2v) is 6.18. The third kappa shape index (κ3) is 3.39. The molecular formula is C17H15N5OS. The number of nitrogens with one attached hydrogen (secondary N) is 1. The molecule has 0 atom stereocenters. The highest BCUT2D eigenvalue weighted by Crippen LogP contribution is 2.32. The van der Waals surface area contributed by atoms with Crippen molar-refractivity contribution in [3.8, 4) is 17.3 Å². The van der Waals surface area contributed by atoms with Gasteiger partial charge in [0.05, 0.1) is 22.9 Å². The fourth-order valence-corrected chi connectivity index (χ4v) is 2.95. The summed E-state index contributed by atoms with van der Waals surface area (Å²) in [4.78, 5) is 8.80. The first-order valence-corrected chi connectivity index (χ1v) is 8.39. The van der Waals surface area contributed by atoms with E-state index in [9.17, 15) is 0 Å². The van der Waals surface area contributed by atoms with Crippen LogP contribution in [0.1, 0.15) is 18.2 Å². The van der Waals surface area contributed by atoms with Crippen LogP contribution in [-0.4, -0.2) is 20.9 Å². The molecule has 0 saturated heterocycles. The minimum Gasteiger partial charge on any atom is -0.360 e. The van der Waals surface area contributed by atoms with Gasteiger partial charge in [0, 0.05) is 11.9 Å². The molecule has 1 aromatic carbocycles. The third-order valence-corrected chi connectivity index (χ3v) is 4.14. The Labute approximate surface area is 143 Å². The van der Waals surface area contributed by atoms with Crippen molar-refractivity contribution in [2.45, 2.75) is 18.9 Å². The molecule has 3 aromatic rings. The summed E-state index contributed by atoms with van der Waals surface area (Å²) < 4.78 is 5.30. The number of benzene rings is 1. The van der Waals surface area contributed by atoms with Crippen LogP contribution in [0.2, 0.25) is 0 Å². The molecule has 0 radical (unpaired) electrons. The molecule has 0 bridgehead atoms. The zero-order valence-corrected chi connectivity index (χ0v) is 14.1. The standard InChI is InChI=1S/C17H15N5OS/c1-3-24-16-15(11(2)23-22-16)14-8-9-19-17(21-14)20-13-6-4-12(10-18)5-7-13/h4-9H,3H2,1-2H3,(H,19,20,21). The molecule has 0 fully saturated rings. The lowest BCUT2D eigenvalue weighted by molar-refractivity contribution is 0.384. The molecule has 120 valence electrons. The fraction of sp³-hybridized carbons (Fsp3) is 0.176. The van der Waals surface area contributed by atoms with E-state index in [-0.39, 0.29) is 0 Å². The fourth-order valence-electron chi connectivity index (χ4n) is 2.19. The van der Waals surface area contributed by atoms with E-state index in [1.54, 1.807) is 30.1 Å². The summed E-state index contributed by atoms with van der Waals surface area (Å²) in [5.74, 6) is 2.11. The van der Waals surface area contributed by atoms with Crippen LogP contribution in [-0.2, 0) is 0 Å². The van der Waals surface area contributed by atoms with Crippen molar-refractivity contribution < 1.29 is 4.52 Å². The molecule has 1 N–H and O–H groups in total. The van der Waals surface area contributed by atoms with Crippen molar-refractivity contribution in [1.82, 2.24) is 15.1 Å². The molecule has 0 aliphatic rings. The Kier molecular flexibility index (Phi) is 4.77. The van der Waals surface area contributed by atoms with Crippen LogP contribution in [0, 0.1) is 18.3 Å². The van der Waals surface area contributed by atoms with Gasteiger partial charge in [-0.05, 0) is 43.0 Å². The predicted molar refractivity (Wildman–Crippen MR) is 93.1 cm³/mol. The molecule has 3 rings (SSSR count). The lowest BCUT2D eigenvalue weighted by Crippen LogP contribution is -1.98. The van der Waals surface area contributed by atoms with E-state index in [0.29, 0.717) is 11.5 Å². The molecule has 0 saturated carbocycles. The topological polar surface area (TPSA) is 87.6 Å². The second kappa shape index (κ2) is 7.15. The predicted octanol–water partition coefficient (Wildman–Crippen LogP) is 4.17. The Bertz CT molecular complexity index is 883. The van der Waals surface area contributed by atoms with Crippen LogP contribution in [0.4, 0.5) is 11.6 Å². The summed E-state index contributed by atoms with van der Waals surface area (Å²) in [6.45, 7) is 3.94.